The number of hydrogen-bond donors (Lipinski definition) is 1. The van der Waals surface area contributed by atoms with E-state index in [2.05, 4.69) is 20.9 Å². The number of carbonyl (C=O) groups excluding carboxylic acids is 1. The van der Waals surface area contributed by atoms with Crippen molar-refractivity contribution in [3.63, 3.8) is 0 Å². The number of benzene rings is 1. The Balaban J connectivity index is 1.54. The lowest BCUT2D eigenvalue weighted by atomic mass is 9.84. The summed E-state index contributed by atoms with van der Waals surface area (Å²) in [6.45, 7) is 3.42. The molecule has 1 aromatic heterocycles. The van der Waals surface area contributed by atoms with Crippen molar-refractivity contribution in [3.05, 3.63) is 36.0 Å². The number of nitrogens with zero attached hydrogens (tertiary/aromatic N) is 2. The molecule has 1 unspecified atom stereocenters. The van der Waals surface area contributed by atoms with Crippen LogP contribution in [0.1, 0.15) is 23.2 Å². The van der Waals surface area contributed by atoms with E-state index < -0.39 is 0 Å². The van der Waals surface area contributed by atoms with Gasteiger partial charge in [-0.1, -0.05) is 6.07 Å². The Kier molecular flexibility index (Phi) is 3.00. The van der Waals surface area contributed by atoms with Gasteiger partial charge in [-0.05, 0) is 55.4 Å². The first-order valence-corrected chi connectivity index (χ1v) is 7.79. The van der Waals surface area contributed by atoms with Gasteiger partial charge in [0.25, 0.3) is 5.91 Å². The number of amides is 1. The predicted molar refractivity (Wildman–Crippen MR) is 83.3 cm³/mol. The molecule has 4 heteroatoms. The number of aromatic nitrogens is 1. The van der Waals surface area contributed by atoms with Gasteiger partial charge in [-0.25, -0.2) is 0 Å². The maximum absolute atomic E-state index is 12.5. The molecular weight excluding hydrogens is 262 g/mol. The van der Waals surface area contributed by atoms with Crippen molar-refractivity contribution in [2.24, 2.45) is 13.0 Å². The van der Waals surface area contributed by atoms with Gasteiger partial charge in [-0.3, -0.25) is 4.79 Å². The summed E-state index contributed by atoms with van der Waals surface area (Å²) in [7, 11) is 2.01. The lowest BCUT2D eigenvalue weighted by Gasteiger charge is -2.44. The third-order valence-electron chi connectivity index (χ3n) is 5.12. The Hall–Kier alpha value is -1.81. The van der Waals surface area contributed by atoms with E-state index in [0.29, 0.717) is 12.0 Å². The van der Waals surface area contributed by atoms with Gasteiger partial charge in [0, 0.05) is 36.9 Å². The zero-order valence-electron chi connectivity index (χ0n) is 12.4. The molecule has 3 fully saturated rings. The van der Waals surface area contributed by atoms with Crippen LogP contribution in [0.3, 0.4) is 0 Å². The van der Waals surface area contributed by atoms with E-state index in [1.165, 1.54) is 31.3 Å². The summed E-state index contributed by atoms with van der Waals surface area (Å²) in [5, 5.41) is 4.43. The number of piperidine rings is 3. The van der Waals surface area contributed by atoms with E-state index in [4.69, 9.17) is 0 Å². The molecular formula is C17H21N3O. The van der Waals surface area contributed by atoms with Gasteiger partial charge in [0.05, 0.1) is 0 Å². The average molecular weight is 283 g/mol. The van der Waals surface area contributed by atoms with Crippen LogP contribution in [0.5, 0.6) is 0 Å². The van der Waals surface area contributed by atoms with E-state index in [1.807, 2.05) is 31.4 Å². The molecule has 0 aliphatic carbocycles. The molecule has 0 radical (unpaired) electrons. The van der Waals surface area contributed by atoms with E-state index in [-0.39, 0.29) is 5.91 Å². The summed E-state index contributed by atoms with van der Waals surface area (Å²) >= 11 is 0. The van der Waals surface area contributed by atoms with Crippen LogP contribution in [0.2, 0.25) is 0 Å². The van der Waals surface area contributed by atoms with Crippen molar-refractivity contribution in [1.29, 1.82) is 0 Å². The van der Waals surface area contributed by atoms with Crippen LogP contribution >= 0.6 is 0 Å². The molecule has 1 amide bonds. The Morgan fingerprint density at radius 2 is 2.05 bits per heavy atom. The fourth-order valence-corrected chi connectivity index (χ4v) is 3.78. The second-order valence-electron chi connectivity index (χ2n) is 6.42. The molecule has 2 bridgehead atoms. The Labute approximate surface area is 124 Å². The largest absolute Gasteiger partial charge is 0.351 e. The summed E-state index contributed by atoms with van der Waals surface area (Å²) in [6, 6.07) is 8.35. The topological polar surface area (TPSA) is 37.3 Å². The van der Waals surface area contributed by atoms with Crippen molar-refractivity contribution in [2.75, 3.05) is 19.6 Å². The van der Waals surface area contributed by atoms with Crippen LogP contribution < -0.4 is 5.32 Å². The van der Waals surface area contributed by atoms with Gasteiger partial charge < -0.3 is 14.8 Å². The van der Waals surface area contributed by atoms with E-state index in [1.54, 1.807) is 0 Å². The molecule has 3 aliphatic rings. The quantitative estimate of drug-likeness (QED) is 0.915. The zero-order chi connectivity index (χ0) is 14.4. The number of nitrogens with one attached hydrogen (secondary N) is 1. The van der Waals surface area contributed by atoms with Crippen LogP contribution in [-0.2, 0) is 7.05 Å². The maximum Gasteiger partial charge on any atom is 0.251 e. The fraction of sp³-hybridized carbons (Fsp3) is 0.471. The van der Waals surface area contributed by atoms with Crippen LogP contribution in [0.15, 0.2) is 30.5 Å². The highest BCUT2D eigenvalue weighted by atomic mass is 16.1. The minimum absolute atomic E-state index is 0.0665. The first kappa shape index (κ1) is 12.9. The average Bonchev–Trinajstić information content (AvgIpc) is 2.89. The predicted octanol–water partition coefficient (Wildman–Crippen LogP) is 2.00. The van der Waals surface area contributed by atoms with Crippen LogP contribution in [0, 0.1) is 5.92 Å². The second-order valence-corrected chi connectivity index (χ2v) is 6.42. The third-order valence-corrected chi connectivity index (χ3v) is 5.12. The number of aryl methyl sites for hydroxylation is 1. The lowest BCUT2D eigenvalue weighted by Crippen LogP contribution is -2.57. The van der Waals surface area contributed by atoms with Crippen molar-refractivity contribution >= 4 is 16.8 Å². The molecule has 0 spiro atoms. The van der Waals surface area contributed by atoms with Crippen molar-refractivity contribution in [3.8, 4) is 0 Å². The minimum atomic E-state index is 0.0665. The van der Waals surface area contributed by atoms with Gasteiger partial charge in [0.15, 0.2) is 0 Å². The van der Waals surface area contributed by atoms with E-state index in [9.17, 15) is 4.79 Å². The maximum atomic E-state index is 12.5. The molecule has 4 heterocycles. The normalized spacial score (nSPS) is 28.0. The molecule has 21 heavy (non-hydrogen) atoms. The summed E-state index contributed by atoms with van der Waals surface area (Å²) in [5.74, 6) is 0.731. The highest BCUT2D eigenvalue weighted by Crippen LogP contribution is 2.27. The summed E-state index contributed by atoms with van der Waals surface area (Å²) in [6.07, 6.45) is 4.48. The smallest absolute Gasteiger partial charge is 0.251 e. The first-order chi connectivity index (χ1) is 10.2. The van der Waals surface area contributed by atoms with Gasteiger partial charge >= 0.3 is 0 Å². The minimum Gasteiger partial charge on any atom is -0.351 e. The molecule has 3 aliphatic heterocycles. The van der Waals surface area contributed by atoms with Crippen LogP contribution in [0.25, 0.3) is 10.9 Å². The summed E-state index contributed by atoms with van der Waals surface area (Å²) in [4.78, 5) is 15.0. The van der Waals surface area contributed by atoms with Gasteiger partial charge in [-0.15, -0.1) is 0 Å². The highest BCUT2D eigenvalue weighted by molar-refractivity contribution is 5.98. The molecule has 3 saturated heterocycles. The third kappa shape index (κ3) is 2.23. The number of fused-ring (bicyclic) bond motifs is 4. The number of rotatable bonds is 2. The fourth-order valence-electron chi connectivity index (χ4n) is 3.78. The highest BCUT2D eigenvalue weighted by Gasteiger charge is 2.34. The van der Waals surface area contributed by atoms with Crippen molar-refractivity contribution in [2.45, 2.75) is 18.9 Å². The Bertz CT molecular complexity index is 682. The summed E-state index contributed by atoms with van der Waals surface area (Å²) < 4.78 is 2.06. The van der Waals surface area contributed by atoms with Gasteiger partial charge in [0.2, 0.25) is 0 Å². The molecule has 5 rings (SSSR count). The lowest BCUT2D eigenvalue weighted by molar-refractivity contribution is 0.0620. The monoisotopic (exact) mass is 283 g/mol. The SMILES string of the molecule is Cn1ccc2ccc(C(=O)NC3CN4CCC3CC4)cc21. The molecule has 0 saturated carbocycles. The van der Waals surface area contributed by atoms with Crippen LogP contribution in [0.4, 0.5) is 0 Å². The van der Waals surface area contributed by atoms with Crippen LogP contribution in [-0.4, -0.2) is 41.1 Å². The Morgan fingerprint density at radius 3 is 2.76 bits per heavy atom. The molecule has 1 aromatic carbocycles. The molecule has 2 aromatic rings. The number of carbonyl (C=O) groups is 1. The number of hydrogen-bond acceptors (Lipinski definition) is 2. The second kappa shape index (κ2) is 4.88. The van der Waals surface area contributed by atoms with Crippen molar-refractivity contribution in [1.82, 2.24) is 14.8 Å². The zero-order valence-corrected chi connectivity index (χ0v) is 12.4. The molecule has 1 N–H and O–H groups in total. The van der Waals surface area contributed by atoms with Gasteiger partial charge in [-0.2, -0.15) is 0 Å². The summed E-state index contributed by atoms with van der Waals surface area (Å²) in [5.41, 5.74) is 1.87. The first-order valence-electron chi connectivity index (χ1n) is 7.79. The van der Waals surface area contributed by atoms with Crippen molar-refractivity contribution < 1.29 is 4.79 Å². The Morgan fingerprint density at radius 1 is 1.24 bits per heavy atom. The standard InChI is InChI=1S/C17H21N3O/c1-19-7-4-13-2-3-14(10-16(13)19)17(21)18-15-11-20-8-5-12(15)6-9-20/h2-4,7,10,12,15H,5-6,8-9,11H2,1H3,(H,18,21). The van der Waals surface area contributed by atoms with E-state index >= 15 is 0 Å². The molecule has 4 nitrogen and oxygen atoms in total. The molecule has 1 atom stereocenters. The van der Waals surface area contributed by atoms with E-state index in [0.717, 1.165) is 17.6 Å². The van der Waals surface area contributed by atoms with Gasteiger partial charge in [0.1, 0.15) is 0 Å². The molecule has 110 valence electrons.